The molecule has 0 aromatic carbocycles. The Labute approximate surface area is 120 Å². The van der Waals surface area contributed by atoms with Gasteiger partial charge in [0.25, 0.3) is 0 Å². The average molecular weight is 298 g/mol. The number of sulfonamides is 1. The molecule has 1 atom stereocenters. The van der Waals surface area contributed by atoms with E-state index in [0.717, 1.165) is 25.5 Å². The topological polar surface area (TPSA) is 88.3 Å². The van der Waals surface area contributed by atoms with Crippen molar-refractivity contribution in [3.05, 3.63) is 18.3 Å². The summed E-state index contributed by atoms with van der Waals surface area (Å²) in [4.78, 5) is 6.42. The highest BCUT2D eigenvalue weighted by Gasteiger charge is 2.17. The lowest BCUT2D eigenvalue weighted by Gasteiger charge is -2.30. The molecule has 1 fully saturated rings. The van der Waals surface area contributed by atoms with Crippen molar-refractivity contribution in [2.45, 2.75) is 37.1 Å². The molecule has 1 saturated heterocycles. The summed E-state index contributed by atoms with van der Waals surface area (Å²) in [6.07, 6.45) is 4.99. The number of primary sulfonamides is 1. The molecule has 0 saturated carbocycles. The van der Waals surface area contributed by atoms with Gasteiger partial charge in [-0.3, -0.25) is 0 Å². The van der Waals surface area contributed by atoms with E-state index in [1.807, 2.05) is 0 Å². The zero-order valence-electron chi connectivity index (χ0n) is 11.7. The van der Waals surface area contributed by atoms with Crippen LogP contribution in [0.5, 0.6) is 0 Å². The Morgan fingerprint density at radius 1 is 1.45 bits per heavy atom. The van der Waals surface area contributed by atoms with Crippen LogP contribution in [0.4, 0.5) is 5.82 Å². The first-order chi connectivity index (χ1) is 9.50. The number of anilines is 1. The first kappa shape index (κ1) is 15.2. The van der Waals surface area contributed by atoms with Crippen LogP contribution in [0.15, 0.2) is 23.2 Å². The van der Waals surface area contributed by atoms with Crippen LogP contribution in [0.2, 0.25) is 0 Å². The van der Waals surface area contributed by atoms with Gasteiger partial charge in [0.2, 0.25) is 10.0 Å². The second kappa shape index (κ2) is 6.51. The first-order valence-corrected chi connectivity index (χ1v) is 8.52. The number of nitrogens with two attached hydrogens (primary N) is 1. The Morgan fingerprint density at radius 2 is 2.25 bits per heavy atom. The van der Waals surface area contributed by atoms with Gasteiger partial charge in [0, 0.05) is 25.3 Å². The normalized spacial score (nSPS) is 19.8. The molecule has 2 heterocycles. The van der Waals surface area contributed by atoms with Gasteiger partial charge in [0.1, 0.15) is 10.7 Å². The third-order valence-electron chi connectivity index (χ3n) is 3.61. The average Bonchev–Trinajstić information content (AvgIpc) is 2.45. The predicted octanol–water partition coefficient (Wildman–Crippen LogP) is 0.697. The van der Waals surface area contributed by atoms with Crippen molar-refractivity contribution >= 4 is 15.8 Å². The van der Waals surface area contributed by atoms with Gasteiger partial charge in [0.15, 0.2) is 0 Å². The lowest BCUT2D eigenvalue weighted by atomic mass is 10.0. The molecule has 0 radical (unpaired) electrons. The number of nitrogens with zero attached hydrogens (tertiary/aromatic N) is 2. The van der Waals surface area contributed by atoms with Crippen molar-refractivity contribution in [3.8, 4) is 0 Å². The Bertz CT molecular complexity index is 524. The van der Waals surface area contributed by atoms with E-state index in [2.05, 4.69) is 22.1 Å². The minimum Gasteiger partial charge on any atom is -0.355 e. The summed E-state index contributed by atoms with van der Waals surface area (Å²) in [5, 5.41) is 8.58. The summed E-state index contributed by atoms with van der Waals surface area (Å²) in [7, 11) is -3.67. The molecule has 6 nitrogen and oxygen atoms in total. The number of aromatic nitrogens is 1. The first-order valence-electron chi connectivity index (χ1n) is 6.98. The van der Waals surface area contributed by atoms with Gasteiger partial charge in [-0.15, -0.1) is 0 Å². The smallest absolute Gasteiger partial charge is 0.239 e. The van der Waals surface area contributed by atoms with Crippen LogP contribution in [-0.4, -0.2) is 39.1 Å². The van der Waals surface area contributed by atoms with Gasteiger partial charge < -0.3 is 10.2 Å². The van der Waals surface area contributed by atoms with E-state index in [-0.39, 0.29) is 4.90 Å². The van der Waals surface area contributed by atoms with Gasteiger partial charge in [-0.05, 0) is 38.4 Å². The number of piperidine rings is 1. The number of nitrogens with one attached hydrogen (secondary N) is 1. The Hall–Kier alpha value is -1.18. The van der Waals surface area contributed by atoms with Crippen molar-refractivity contribution in [3.63, 3.8) is 0 Å². The largest absolute Gasteiger partial charge is 0.355 e. The third kappa shape index (κ3) is 3.91. The summed E-state index contributed by atoms with van der Waals surface area (Å²) in [5.74, 6) is 0.785. The SMILES string of the molecule is CCN(CC1CCCCN1)c1ccc(S(N)(=O)=O)cn1. The quantitative estimate of drug-likeness (QED) is 0.835. The van der Waals surface area contributed by atoms with Crippen LogP contribution < -0.4 is 15.4 Å². The molecule has 2 rings (SSSR count). The van der Waals surface area contributed by atoms with E-state index < -0.39 is 10.0 Å². The van der Waals surface area contributed by atoms with Crippen LogP contribution in [0.25, 0.3) is 0 Å². The van der Waals surface area contributed by atoms with Gasteiger partial charge >= 0.3 is 0 Å². The van der Waals surface area contributed by atoms with Crippen molar-refractivity contribution in [1.29, 1.82) is 0 Å². The van der Waals surface area contributed by atoms with Gasteiger partial charge in [-0.25, -0.2) is 18.5 Å². The summed E-state index contributed by atoms with van der Waals surface area (Å²) >= 11 is 0. The molecule has 0 amide bonds. The van der Waals surface area contributed by atoms with Crippen LogP contribution in [0.1, 0.15) is 26.2 Å². The zero-order chi connectivity index (χ0) is 14.6. The van der Waals surface area contributed by atoms with E-state index in [4.69, 9.17) is 5.14 Å². The molecule has 1 aromatic rings. The maximum absolute atomic E-state index is 11.2. The molecule has 0 bridgehead atoms. The maximum Gasteiger partial charge on any atom is 0.239 e. The number of hydrogen-bond acceptors (Lipinski definition) is 5. The molecule has 7 heteroatoms. The molecular formula is C13H22N4O2S. The minimum atomic E-state index is -3.67. The second-order valence-electron chi connectivity index (χ2n) is 5.08. The molecular weight excluding hydrogens is 276 g/mol. The van der Waals surface area contributed by atoms with Crippen LogP contribution in [-0.2, 0) is 10.0 Å². The highest BCUT2D eigenvalue weighted by atomic mass is 32.2. The second-order valence-corrected chi connectivity index (χ2v) is 6.64. The maximum atomic E-state index is 11.2. The third-order valence-corrected chi connectivity index (χ3v) is 4.51. The fraction of sp³-hybridized carbons (Fsp3) is 0.615. The number of pyridine rings is 1. The van der Waals surface area contributed by atoms with Crippen LogP contribution in [0, 0.1) is 0 Å². The molecule has 1 aliphatic rings. The monoisotopic (exact) mass is 298 g/mol. The highest BCUT2D eigenvalue weighted by Crippen LogP contribution is 2.16. The Balaban J connectivity index is 2.07. The van der Waals surface area contributed by atoms with Crippen molar-refractivity contribution in [1.82, 2.24) is 10.3 Å². The molecule has 112 valence electrons. The van der Waals surface area contributed by atoms with E-state index in [0.29, 0.717) is 6.04 Å². The Morgan fingerprint density at radius 3 is 2.75 bits per heavy atom. The van der Waals surface area contributed by atoms with Crippen molar-refractivity contribution in [2.24, 2.45) is 5.14 Å². The summed E-state index contributed by atoms with van der Waals surface area (Å²) < 4.78 is 22.4. The number of hydrogen-bond donors (Lipinski definition) is 2. The zero-order valence-corrected chi connectivity index (χ0v) is 12.6. The van der Waals surface area contributed by atoms with Gasteiger partial charge in [-0.2, -0.15) is 0 Å². The van der Waals surface area contributed by atoms with Crippen molar-refractivity contribution < 1.29 is 8.42 Å². The van der Waals surface area contributed by atoms with E-state index >= 15 is 0 Å². The molecule has 1 aliphatic heterocycles. The van der Waals surface area contributed by atoms with Crippen molar-refractivity contribution in [2.75, 3.05) is 24.5 Å². The number of rotatable bonds is 5. The molecule has 1 unspecified atom stereocenters. The van der Waals surface area contributed by atoms with Crippen LogP contribution in [0.3, 0.4) is 0 Å². The molecule has 0 aliphatic carbocycles. The van der Waals surface area contributed by atoms with Crippen LogP contribution >= 0.6 is 0 Å². The molecule has 0 spiro atoms. The molecule has 20 heavy (non-hydrogen) atoms. The van der Waals surface area contributed by atoms with E-state index in [9.17, 15) is 8.42 Å². The summed E-state index contributed by atoms with van der Waals surface area (Å²) in [6, 6.07) is 3.70. The summed E-state index contributed by atoms with van der Waals surface area (Å²) in [6.45, 7) is 4.86. The van der Waals surface area contributed by atoms with Gasteiger partial charge in [-0.1, -0.05) is 6.42 Å². The Kier molecular flexibility index (Phi) is 4.95. The van der Waals surface area contributed by atoms with E-state index in [1.165, 1.54) is 31.5 Å². The van der Waals surface area contributed by atoms with E-state index in [1.54, 1.807) is 6.07 Å². The molecule has 1 aromatic heterocycles. The standard InChI is InChI=1S/C13H22N4O2S/c1-2-17(10-11-5-3-4-8-15-11)13-7-6-12(9-16-13)20(14,18)19/h6-7,9,11,15H,2-5,8,10H2,1H3,(H2,14,18,19). The lowest BCUT2D eigenvalue weighted by Crippen LogP contribution is -2.44. The number of likely N-dealkylation sites (N-methyl/N-ethyl adjacent to an activating group) is 1. The molecule has 3 N–H and O–H groups in total. The fourth-order valence-corrected chi connectivity index (χ4v) is 2.92. The highest BCUT2D eigenvalue weighted by molar-refractivity contribution is 7.89. The minimum absolute atomic E-state index is 0.0492. The fourth-order valence-electron chi connectivity index (χ4n) is 2.46. The van der Waals surface area contributed by atoms with Gasteiger partial charge in [0.05, 0.1) is 0 Å². The lowest BCUT2D eigenvalue weighted by molar-refractivity contribution is 0.399. The predicted molar refractivity (Wildman–Crippen MR) is 79.1 cm³/mol. The summed E-state index contributed by atoms with van der Waals surface area (Å²) in [5.41, 5.74) is 0.